The molecule has 1 aromatic heterocycles. The van der Waals surface area contributed by atoms with Crippen LogP contribution in [0.5, 0.6) is 0 Å². The number of rotatable bonds is 5. The third-order valence-corrected chi connectivity index (χ3v) is 4.99. The number of anilines is 1. The average molecular weight is 411 g/mol. The summed E-state index contributed by atoms with van der Waals surface area (Å²) in [5.41, 5.74) is 2.76. The van der Waals surface area contributed by atoms with Crippen LogP contribution < -0.4 is 5.32 Å². The normalized spacial score (nSPS) is 13.1. The highest BCUT2D eigenvalue weighted by molar-refractivity contribution is 5.93. The van der Waals surface area contributed by atoms with Crippen molar-refractivity contribution in [1.29, 1.82) is 0 Å². The van der Waals surface area contributed by atoms with Crippen LogP contribution in [0.4, 0.5) is 14.5 Å². The number of hydrogen-bond acceptors (Lipinski definition) is 4. The first-order valence-corrected chi connectivity index (χ1v) is 9.56. The van der Waals surface area contributed by atoms with Crippen LogP contribution in [0.3, 0.4) is 0 Å². The molecule has 0 aliphatic carbocycles. The smallest absolute Gasteiger partial charge is 0.224 e. The van der Waals surface area contributed by atoms with Gasteiger partial charge in [0.05, 0.1) is 12.2 Å². The third kappa shape index (κ3) is 4.37. The molecule has 1 aliphatic heterocycles. The summed E-state index contributed by atoms with van der Waals surface area (Å²) in [6.45, 7) is 0.810. The van der Waals surface area contributed by atoms with E-state index in [4.69, 9.17) is 4.52 Å². The Morgan fingerprint density at radius 3 is 2.37 bits per heavy atom. The monoisotopic (exact) mass is 411 g/mol. The van der Waals surface area contributed by atoms with Gasteiger partial charge in [0.15, 0.2) is 5.76 Å². The van der Waals surface area contributed by atoms with E-state index in [1.54, 1.807) is 17.0 Å². The fourth-order valence-corrected chi connectivity index (χ4v) is 3.39. The Hall–Kier alpha value is -3.55. The lowest BCUT2D eigenvalue weighted by molar-refractivity contribution is -0.133. The Morgan fingerprint density at radius 1 is 1.00 bits per heavy atom. The van der Waals surface area contributed by atoms with Crippen LogP contribution >= 0.6 is 0 Å². The molecule has 1 N–H and O–H groups in total. The van der Waals surface area contributed by atoms with E-state index in [1.165, 1.54) is 36.4 Å². The van der Waals surface area contributed by atoms with Gasteiger partial charge in [0.2, 0.25) is 11.8 Å². The summed E-state index contributed by atoms with van der Waals surface area (Å²) < 4.78 is 31.6. The number of benzene rings is 2. The van der Waals surface area contributed by atoms with Gasteiger partial charge in [0, 0.05) is 42.6 Å². The fraction of sp³-hybridized carbons (Fsp3) is 0.227. The topological polar surface area (TPSA) is 75.4 Å². The van der Waals surface area contributed by atoms with Crippen molar-refractivity contribution in [2.45, 2.75) is 25.8 Å². The lowest BCUT2D eigenvalue weighted by Gasteiger charge is -2.26. The predicted molar refractivity (Wildman–Crippen MR) is 105 cm³/mol. The van der Waals surface area contributed by atoms with Gasteiger partial charge in [0.25, 0.3) is 0 Å². The molecule has 4 rings (SSSR count). The van der Waals surface area contributed by atoms with E-state index < -0.39 is 0 Å². The van der Waals surface area contributed by atoms with Crippen molar-refractivity contribution >= 4 is 17.5 Å². The van der Waals surface area contributed by atoms with Crippen LogP contribution in [-0.4, -0.2) is 28.4 Å². The SMILES string of the molecule is O=C(CCC(=O)N1CCc2noc(-c3ccc(F)cc3)c2C1)Nc1ccc(F)cc1. The van der Waals surface area contributed by atoms with Crippen LogP contribution in [0, 0.1) is 11.6 Å². The minimum atomic E-state index is -0.388. The van der Waals surface area contributed by atoms with Crippen LogP contribution in [0.1, 0.15) is 24.1 Å². The second-order valence-corrected chi connectivity index (χ2v) is 7.06. The van der Waals surface area contributed by atoms with Gasteiger partial charge in [-0.2, -0.15) is 0 Å². The van der Waals surface area contributed by atoms with Gasteiger partial charge in [-0.05, 0) is 48.5 Å². The first kappa shape index (κ1) is 19.8. The van der Waals surface area contributed by atoms with E-state index in [0.717, 1.165) is 11.3 Å². The zero-order valence-corrected chi connectivity index (χ0v) is 16.0. The number of nitrogens with zero attached hydrogens (tertiary/aromatic N) is 2. The molecular formula is C22H19F2N3O3. The zero-order chi connectivity index (χ0) is 21.1. The molecule has 0 saturated heterocycles. The van der Waals surface area contributed by atoms with Gasteiger partial charge in [-0.1, -0.05) is 5.16 Å². The summed E-state index contributed by atoms with van der Waals surface area (Å²) in [5, 5.41) is 6.72. The highest BCUT2D eigenvalue weighted by Crippen LogP contribution is 2.30. The van der Waals surface area contributed by atoms with Crippen molar-refractivity contribution in [3.05, 3.63) is 71.4 Å². The van der Waals surface area contributed by atoms with Gasteiger partial charge in [-0.15, -0.1) is 0 Å². The predicted octanol–water partition coefficient (Wildman–Crippen LogP) is 3.92. The van der Waals surface area contributed by atoms with E-state index in [-0.39, 0.29) is 36.3 Å². The molecule has 0 saturated carbocycles. The summed E-state index contributed by atoms with van der Waals surface area (Å²) in [6, 6.07) is 11.3. The summed E-state index contributed by atoms with van der Waals surface area (Å²) in [5.74, 6) is -0.674. The second kappa shape index (κ2) is 8.44. The molecule has 2 amide bonds. The largest absolute Gasteiger partial charge is 0.356 e. The van der Waals surface area contributed by atoms with Gasteiger partial charge >= 0.3 is 0 Å². The van der Waals surface area contributed by atoms with E-state index >= 15 is 0 Å². The number of nitrogens with one attached hydrogen (secondary N) is 1. The number of carbonyl (C=O) groups excluding carboxylic acids is 2. The van der Waals surface area contributed by atoms with Crippen LogP contribution in [0.15, 0.2) is 53.1 Å². The lowest BCUT2D eigenvalue weighted by atomic mass is 10.0. The lowest BCUT2D eigenvalue weighted by Crippen LogP contribution is -2.36. The number of amides is 2. The number of hydrogen-bond donors (Lipinski definition) is 1. The molecular weight excluding hydrogens is 392 g/mol. The molecule has 0 fully saturated rings. The van der Waals surface area contributed by atoms with Crippen molar-refractivity contribution in [2.24, 2.45) is 0 Å². The Kier molecular flexibility index (Phi) is 5.56. The standard InChI is InChI=1S/C22H19F2N3O3/c23-15-3-1-14(2-4-15)22-18-13-27(12-11-19(18)26-30-22)21(29)10-9-20(28)25-17-7-5-16(24)6-8-17/h1-8H,9-13H2,(H,25,28). The molecule has 8 heteroatoms. The van der Waals surface area contributed by atoms with Crippen LogP contribution in [0.2, 0.25) is 0 Å². The summed E-state index contributed by atoms with van der Waals surface area (Å²) in [4.78, 5) is 26.4. The van der Waals surface area contributed by atoms with Crippen LogP contribution in [-0.2, 0) is 22.6 Å². The quantitative estimate of drug-likeness (QED) is 0.691. The van der Waals surface area contributed by atoms with E-state index in [1.807, 2.05) is 0 Å². The highest BCUT2D eigenvalue weighted by Gasteiger charge is 2.27. The van der Waals surface area contributed by atoms with Gasteiger partial charge in [-0.3, -0.25) is 9.59 Å². The number of carbonyl (C=O) groups is 2. The van der Waals surface area contributed by atoms with Gasteiger partial charge < -0.3 is 14.7 Å². The molecule has 0 spiro atoms. The maximum absolute atomic E-state index is 13.2. The molecule has 6 nitrogen and oxygen atoms in total. The number of fused-ring (bicyclic) bond motifs is 1. The van der Waals surface area contributed by atoms with Gasteiger partial charge in [-0.25, -0.2) is 8.78 Å². The summed E-state index contributed by atoms with van der Waals surface area (Å²) in [6.07, 6.45) is 0.626. The Bertz CT molecular complexity index is 1060. The molecule has 2 heterocycles. The Morgan fingerprint density at radius 2 is 1.67 bits per heavy atom. The fourth-order valence-electron chi connectivity index (χ4n) is 3.39. The first-order valence-electron chi connectivity index (χ1n) is 9.56. The van der Waals surface area contributed by atoms with Crippen molar-refractivity contribution in [3.8, 4) is 11.3 Å². The van der Waals surface area contributed by atoms with Crippen molar-refractivity contribution in [1.82, 2.24) is 10.1 Å². The molecule has 3 aromatic rings. The summed E-state index contributed by atoms with van der Waals surface area (Å²) >= 11 is 0. The molecule has 154 valence electrons. The molecule has 0 unspecified atom stereocenters. The van der Waals surface area contributed by atoms with Crippen molar-refractivity contribution < 1.29 is 22.9 Å². The summed E-state index contributed by atoms with van der Waals surface area (Å²) in [7, 11) is 0. The maximum Gasteiger partial charge on any atom is 0.224 e. The first-order chi connectivity index (χ1) is 14.5. The van der Waals surface area contributed by atoms with Gasteiger partial charge in [0.1, 0.15) is 11.6 Å². The molecule has 1 aliphatic rings. The van der Waals surface area contributed by atoms with E-state index in [9.17, 15) is 18.4 Å². The van der Waals surface area contributed by atoms with Crippen LogP contribution in [0.25, 0.3) is 11.3 Å². The molecule has 2 aromatic carbocycles. The second-order valence-electron chi connectivity index (χ2n) is 7.06. The molecule has 30 heavy (non-hydrogen) atoms. The highest BCUT2D eigenvalue weighted by atomic mass is 19.1. The Balaban J connectivity index is 1.36. The molecule has 0 bridgehead atoms. The average Bonchev–Trinajstić information content (AvgIpc) is 3.17. The number of halogens is 2. The minimum absolute atomic E-state index is 0.0218. The zero-order valence-electron chi connectivity index (χ0n) is 16.0. The minimum Gasteiger partial charge on any atom is -0.356 e. The Labute approximate surface area is 171 Å². The third-order valence-electron chi connectivity index (χ3n) is 4.99. The molecule has 0 radical (unpaired) electrons. The van der Waals surface area contributed by atoms with Crippen molar-refractivity contribution in [2.75, 3.05) is 11.9 Å². The van der Waals surface area contributed by atoms with E-state index in [0.29, 0.717) is 36.5 Å². The molecule has 0 atom stereocenters. The van der Waals surface area contributed by atoms with E-state index in [2.05, 4.69) is 10.5 Å². The van der Waals surface area contributed by atoms with Crippen molar-refractivity contribution in [3.63, 3.8) is 0 Å². The number of aromatic nitrogens is 1. The maximum atomic E-state index is 13.2.